The van der Waals surface area contributed by atoms with E-state index in [4.69, 9.17) is 9.47 Å². The largest absolute Gasteiger partial charge is 0.453 e. The van der Waals surface area contributed by atoms with E-state index in [1.54, 1.807) is 36.3 Å². The first-order chi connectivity index (χ1) is 25.6. The van der Waals surface area contributed by atoms with E-state index in [-0.39, 0.29) is 35.7 Å². The number of aromatic amines is 2. The number of imidazole rings is 2. The summed E-state index contributed by atoms with van der Waals surface area (Å²) in [5.41, 5.74) is 5.10. The Labute approximate surface area is 316 Å². The standard InChI is InChI=1S/C40H50N8O6/c1-23(2)33(45-39(51)53-9)37(49)47(7)25(5)35-41-21-31(43-35)29-17-13-27(14-18-29)11-12-28-15-19-30(20-16-28)32-22-42-36(44-32)26(6)48(8)38(50)34(24(3)4)46-40(52)54-10/h13-26,33-34H,1-10H3,(H,41,43)(H,42,44)(H,45,51)(H,46,52)/t25-,26-,33-,34?/m0/s1. The summed E-state index contributed by atoms with van der Waals surface area (Å²) in [6.45, 7) is 11.2. The van der Waals surface area contributed by atoms with Crippen LogP contribution in [0.4, 0.5) is 9.59 Å². The summed E-state index contributed by atoms with van der Waals surface area (Å²) in [5, 5.41) is 5.24. The van der Waals surface area contributed by atoms with Crippen LogP contribution in [-0.2, 0) is 19.1 Å². The number of H-pyrrole nitrogens is 2. The number of rotatable bonds is 12. The molecule has 0 saturated carbocycles. The number of likely N-dealkylation sites (N-methyl/N-ethyl adjacent to an activating group) is 2. The van der Waals surface area contributed by atoms with Crippen LogP contribution in [0, 0.1) is 23.7 Å². The SMILES string of the molecule is COC(=O)NC(C(=O)N(C)[C@@H](C)c1ncc(-c2ccc(C#Cc3ccc(-c4cnc([C@H](C)N(C)C(=O)[C@@H](NC(=O)OC)C(C)C)[nH]4)cc3)cc2)[nH]1)C(C)C. The lowest BCUT2D eigenvalue weighted by molar-refractivity contribution is -0.135. The number of alkyl carbamates (subject to hydrolysis) is 2. The van der Waals surface area contributed by atoms with Gasteiger partial charge in [-0.1, -0.05) is 63.8 Å². The number of nitrogens with one attached hydrogen (secondary N) is 4. The lowest BCUT2D eigenvalue weighted by Crippen LogP contribution is -2.50. The average Bonchev–Trinajstić information content (AvgIpc) is 3.88. The molecule has 4 rings (SSSR count). The van der Waals surface area contributed by atoms with E-state index in [0.717, 1.165) is 33.6 Å². The molecular weight excluding hydrogens is 688 g/mol. The van der Waals surface area contributed by atoms with Crippen molar-refractivity contribution in [1.82, 2.24) is 40.4 Å². The molecule has 0 spiro atoms. The fourth-order valence-corrected chi connectivity index (χ4v) is 5.59. The highest BCUT2D eigenvalue weighted by Crippen LogP contribution is 2.25. The number of amides is 4. The zero-order valence-corrected chi connectivity index (χ0v) is 32.5. The number of carbonyl (C=O) groups is 4. The predicted molar refractivity (Wildman–Crippen MR) is 205 cm³/mol. The maximum Gasteiger partial charge on any atom is 0.407 e. The fraction of sp³-hybridized carbons (Fsp3) is 0.400. The summed E-state index contributed by atoms with van der Waals surface area (Å²) in [4.78, 5) is 68.8. The molecule has 0 aliphatic heterocycles. The molecule has 2 aromatic heterocycles. The van der Waals surface area contributed by atoms with Crippen LogP contribution in [0.2, 0.25) is 0 Å². The number of nitrogens with zero attached hydrogens (tertiary/aromatic N) is 4. The smallest absolute Gasteiger partial charge is 0.407 e. The molecule has 4 N–H and O–H groups in total. The Balaban J connectivity index is 1.38. The number of hydrogen-bond donors (Lipinski definition) is 4. The molecule has 0 radical (unpaired) electrons. The van der Waals surface area contributed by atoms with Gasteiger partial charge in [-0.3, -0.25) is 9.59 Å². The Morgan fingerprint density at radius 1 is 0.611 bits per heavy atom. The van der Waals surface area contributed by atoms with Gasteiger partial charge in [0.2, 0.25) is 11.8 Å². The molecule has 54 heavy (non-hydrogen) atoms. The van der Waals surface area contributed by atoms with E-state index in [2.05, 4.69) is 42.4 Å². The van der Waals surface area contributed by atoms with E-state index < -0.39 is 24.3 Å². The molecule has 4 aromatic rings. The second-order valence-electron chi connectivity index (χ2n) is 13.7. The predicted octanol–water partition coefficient (Wildman–Crippen LogP) is 5.67. The van der Waals surface area contributed by atoms with Crippen LogP contribution in [0.1, 0.15) is 76.4 Å². The van der Waals surface area contributed by atoms with Crippen molar-refractivity contribution < 1.29 is 28.7 Å². The van der Waals surface area contributed by atoms with Gasteiger partial charge in [-0.05, 0) is 61.1 Å². The van der Waals surface area contributed by atoms with Crippen molar-refractivity contribution >= 4 is 24.0 Å². The Morgan fingerprint density at radius 2 is 0.944 bits per heavy atom. The zero-order chi connectivity index (χ0) is 39.7. The second kappa shape index (κ2) is 18.1. The number of ether oxygens (including phenoxy) is 2. The lowest BCUT2D eigenvalue weighted by Gasteiger charge is -2.30. The molecule has 4 amide bonds. The van der Waals surface area contributed by atoms with Gasteiger partial charge in [0, 0.05) is 25.2 Å². The molecule has 1 unspecified atom stereocenters. The number of methoxy groups -OCH3 is 2. The average molecular weight is 739 g/mol. The molecular formula is C40H50N8O6. The third kappa shape index (κ3) is 9.86. The third-order valence-electron chi connectivity index (χ3n) is 9.37. The molecule has 0 aliphatic rings. The quantitative estimate of drug-likeness (QED) is 0.135. The van der Waals surface area contributed by atoms with E-state index in [0.29, 0.717) is 11.6 Å². The van der Waals surface area contributed by atoms with Crippen molar-refractivity contribution in [1.29, 1.82) is 0 Å². The van der Waals surface area contributed by atoms with Gasteiger partial charge in [-0.25, -0.2) is 19.6 Å². The van der Waals surface area contributed by atoms with Crippen molar-refractivity contribution in [3.8, 4) is 34.4 Å². The summed E-state index contributed by atoms with van der Waals surface area (Å²) in [7, 11) is 5.89. The molecule has 14 heteroatoms. The summed E-state index contributed by atoms with van der Waals surface area (Å²) in [5.74, 6) is 6.88. The Hall–Kier alpha value is -6.10. The molecule has 0 saturated heterocycles. The number of carbonyl (C=O) groups excluding carboxylic acids is 4. The Bertz CT molecular complexity index is 1830. The van der Waals surface area contributed by atoms with Crippen LogP contribution in [0.5, 0.6) is 0 Å². The van der Waals surface area contributed by atoms with Crippen LogP contribution in [-0.4, -0.2) is 94.1 Å². The Kier molecular flexibility index (Phi) is 13.6. The first kappa shape index (κ1) is 40.7. The van der Waals surface area contributed by atoms with Crippen LogP contribution < -0.4 is 10.6 Å². The van der Waals surface area contributed by atoms with Gasteiger partial charge in [-0.15, -0.1) is 0 Å². The van der Waals surface area contributed by atoms with Crippen LogP contribution >= 0.6 is 0 Å². The van der Waals surface area contributed by atoms with Gasteiger partial charge >= 0.3 is 12.2 Å². The van der Waals surface area contributed by atoms with E-state index in [1.807, 2.05) is 90.1 Å². The zero-order valence-electron chi connectivity index (χ0n) is 32.5. The van der Waals surface area contributed by atoms with Gasteiger partial charge in [0.15, 0.2) is 0 Å². The molecule has 286 valence electrons. The minimum atomic E-state index is -0.736. The topological polar surface area (TPSA) is 175 Å². The molecule has 2 heterocycles. The van der Waals surface area contributed by atoms with Crippen LogP contribution in [0.15, 0.2) is 60.9 Å². The number of hydrogen-bond acceptors (Lipinski definition) is 8. The maximum atomic E-state index is 13.2. The van der Waals surface area contributed by atoms with E-state index >= 15 is 0 Å². The minimum Gasteiger partial charge on any atom is -0.453 e. The lowest BCUT2D eigenvalue weighted by atomic mass is 10.0. The monoisotopic (exact) mass is 738 g/mol. The first-order valence-corrected chi connectivity index (χ1v) is 17.7. The van der Waals surface area contributed by atoms with Crippen LogP contribution in [0.3, 0.4) is 0 Å². The number of benzene rings is 2. The Morgan fingerprint density at radius 3 is 1.24 bits per heavy atom. The fourth-order valence-electron chi connectivity index (χ4n) is 5.59. The van der Waals surface area contributed by atoms with Crippen LogP contribution in [0.25, 0.3) is 22.5 Å². The van der Waals surface area contributed by atoms with Crippen molar-refractivity contribution in [2.75, 3.05) is 28.3 Å². The van der Waals surface area contributed by atoms with E-state index in [1.165, 1.54) is 14.2 Å². The maximum absolute atomic E-state index is 13.2. The molecule has 14 nitrogen and oxygen atoms in total. The molecule has 2 aromatic carbocycles. The molecule has 0 fully saturated rings. The normalized spacial score (nSPS) is 13.2. The highest BCUT2D eigenvalue weighted by Gasteiger charge is 2.32. The number of aromatic nitrogens is 4. The van der Waals surface area contributed by atoms with Gasteiger partial charge in [0.1, 0.15) is 23.7 Å². The highest BCUT2D eigenvalue weighted by molar-refractivity contribution is 5.86. The highest BCUT2D eigenvalue weighted by atomic mass is 16.5. The molecule has 0 bridgehead atoms. The summed E-state index contributed by atoms with van der Waals surface area (Å²) >= 11 is 0. The van der Waals surface area contributed by atoms with Gasteiger partial charge in [-0.2, -0.15) is 0 Å². The van der Waals surface area contributed by atoms with Gasteiger partial charge in [0.05, 0.1) is 50.1 Å². The first-order valence-electron chi connectivity index (χ1n) is 17.7. The van der Waals surface area contributed by atoms with E-state index in [9.17, 15) is 19.2 Å². The van der Waals surface area contributed by atoms with Crippen molar-refractivity contribution in [2.45, 2.75) is 65.7 Å². The second-order valence-corrected chi connectivity index (χ2v) is 13.7. The minimum absolute atomic E-state index is 0.137. The molecule has 0 aliphatic carbocycles. The van der Waals surface area contributed by atoms with Gasteiger partial charge in [0.25, 0.3) is 0 Å². The summed E-state index contributed by atoms with van der Waals surface area (Å²) in [6, 6.07) is 13.4. The third-order valence-corrected chi connectivity index (χ3v) is 9.37. The van der Waals surface area contributed by atoms with Crippen molar-refractivity contribution in [3.63, 3.8) is 0 Å². The summed E-state index contributed by atoms with van der Waals surface area (Å²) in [6.07, 6.45) is 2.14. The molecule has 4 atom stereocenters. The summed E-state index contributed by atoms with van der Waals surface area (Å²) < 4.78 is 9.38. The van der Waals surface area contributed by atoms with Crippen molar-refractivity contribution in [3.05, 3.63) is 83.7 Å². The van der Waals surface area contributed by atoms with Crippen molar-refractivity contribution in [2.24, 2.45) is 11.8 Å². The van der Waals surface area contributed by atoms with Gasteiger partial charge < -0.3 is 39.9 Å².